The van der Waals surface area contributed by atoms with Crippen LogP contribution in [0, 0.1) is 12.7 Å². The van der Waals surface area contributed by atoms with Gasteiger partial charge in [-0.05, 0) is 6.92 Å². The summed E-state index contributed by atoms with van der Waals surface area (Å²) in [5.41, 5.74) is 0.711. The molecule has 2 aromatic rings. The van der Waals surface area contributed by atoms with Crippen LogP contribution >= 0.6 is 0 Å². The minimum atomic E-state index is -0.617. The molecule has 0 saturated heterocycles. The van der Waals surface area contributed by atoms with Crippen LogP contribution in [0.4, 0.5) is 4.39 Å². The fourth-order valence-electron chi connectivity index (χ4n) is 1.28. The van der Waals surface area contributed by atoms with Gasteiger partial charge < -0.3 is 4.98 Å². The number of H-pyrrole nitrogens is 1. The Labute approximate surface area is 79.2 Å². The van der Waals surface area contributed by atoms with Crippen molar-refractivity contribution in [2.75, 3.05) is 0 Å². The molecule has 0 unspecified atom stereocenters. The molecule has 0 atom stereocenters. The van der Waals surface area contributed by atoms with Gasteiger partial charge in [0.05, 0.1) is 5.52 Å². The maximum Gasteiger partial charge on any atom is 0.181 e. The summed E-state index contributed by atoms with van der Waals surface area (Å²) >= 11 is 0. The third-order valence-electron chi connectivity index (χ3n) is 1.88. The topological polar surface area (TPSA) is 58.6 Å². The van der Waals surface area contributed by atoms with Crippen LogP contribution < -0.4 is 0 Å². The number of carbonyl (C=O) groups is 1. The lowest BCUT2D eigenvalue weighted by Gasteiger charge is -1.96. The summed E-state index contributed by atoms with van der Waals surface area (Å²) in [6.07, 6.45) is 0. The van der Waals surface area contributed by atoms with Gasteiger partial charge in [0.1, 0.15) is 11.5 Å². The predicted molar refractivity (Wildman–Crippen MR) is 48.6 cm³/mol. The highest BCUT2D eigenvalue weighted by atomic mass is 19.1. The first-order valence-corrected chi connectivity index (χ1v) is 4.11. The molecule has 1 N–H and O–H groups in total. The van der Waals surface area contributed by atoms with Crippen LogP contribution in [0.2, 0.25) is 0 Å². The van der Waals surface area contributed by atoms with Crippen LogP contribution in [0.15, 0.2) is 6.07 Å². The van der Waals surface area contributed by atoms with E-state index in [0.29, 0.717) is 17.0 Å². The number of fused-ring (bicyclic) bond motifs is 1. The first-order chi connectivity index (χ1) is 6.58. The number of ketones is 1. The van der Waals surface area contributed by atoms with Crippen molar-refractivity contribution >= 4 is 16.9 Å². The highest BCUT2D eigenvalue weighted by molar-refractivity contribution is 5.94. The van der Waals surface area contributed by atoms with E-state index in [1.807, 2.05) is 0 Å². The van der Waals surface area contributed by atoms with Gasteiger partial charge in [0.25, 0.3) is 0 Å². The molecule has 0 aliphatic heterocycles. The molecule has 0 aliphatic rings. The van der Waals surface area contributed by atoms with Gasteiger partial charge in [0.2, 0.25) is 0 Å². The van der Waals surface area contributed by atoms with Crippen molar-refractivity contribution in [1.82, 2.24) is 15.0 Å². The monoisotopic (exact) mass is 193 g/mol. The average molecular weight is 193 g/mol. The highest BCUT2D eigenvalue weighted by Gasteiger charge is 2.12. The maximum absolute atomic E-state index is 13.2. The van der Waals surface area contributed by atoms with Crippen molar-refractivity contribution in [2.24, 2.45) is 0 Å². The molecule has 14 heavy (non-hydrogen) atoms. The summed E-state index contributed by atoms with van der Waals surface area (Å²) in [6, 6.07) is 1.24. The summed E-state index contributed by atoms with van der Waals surface area (Å²) < 4.78 is 13.2. The van der Waals surface area contributed by atoms with Crippen molar-refractivity contribution in [1.29, 1.82) is 0 Å². The van der Waals surface area contributed by atoms with Crippen molar-refractivity contribution in [3.05, 3.63) is 23.4 Å². The summed E-state index contributed by atoms with van der Waals surface area (Å²) in [5.74, 6) is -0.369. The van der Waals surface area contributed by atoms with Crippen LogP contribution in [-0.4, -0.2) is 20.7 Å². The van der Waals surface area contributed by atoms with E-state index in [1.165, 1.54) is 13.0 Å². The summed E-state index contributed by atoms with van der Waals surface area (Å²) in [7, 11) is 0. The average Bonchev–Trinajstić information content (AvgIpc) is 2.42. The fourth-order valence-corrected chi connectivity index (χ4v) is 1.28. The first-order valence-electron chi connectivity index (χ1n) is 4.11. The fraction of sp³-hybridized carbons (Fsp3) is 0.222. The number of pyridine rings is 1. The van der Waals surface area contributed by atoms with Crippen molar-refractivity contribution in [2.45, 2.75) is 13.8 Å². The van der Waals surface area contributed by atoms with Crippen LogP contribution in [0.1, 0.15) is 23.2 Å². The number of nitrogens with one attached hydrogen (secondary N) is 1. The lowest BCUT2D eigenvalue weighted by Crippen LogP contribution is -2.01. The number of aromatic nitrogens is 3. The first kappa shape index (κ1) is 8.80. The van der Waals surface area contributed by atoms with Gasteiger partial charge in [-0.1, -0.05) is 0 Å². The summed E-state index contributed by atoms with van der Waals surface area (Å²) in [6.45, 7) is 3.02. The molecular weight excluding hydrogens is 185 g/mol. The molecule has 0 spiro atoms. The van der Waals surface area contributed by atoms with Gasteiger partial charge in [-0.2, -0.15) is 0 Å². The van der Waals surface area contributed by atoms with Crippen LogP contribution in [-0.2, 0) is 0 Å². The molecule has 0 amide bonds. The van der Waals surface area contributed by atoms with Crippen molar-refractivity contribution in [3.63, 3.8) is 0 Å². The quantitative estimate of drug-likeness (QED) is 0.700. The largest absolute Gasteiger partial charge is 0.341 e. The van der Waals surface area contributed by atoms with E-state index in [4.69, 9.17) is 0 Å². The number of nitrogens with zero attached hydrogens (tertiary/aromatic N) is 2. The molecular formula is C9H8FN3O. The number of aryl methyl sites for hydroxylation is 1. The number of hydrogen-bond acceptors (Lipinski definition) is 3. The zero-order valence-electron chi connectivity index (χ0n) is 7.76. The lowest BCUT2D eigenvalue weighted by molar-refractivity contribution is 0.100. The number of hydrogen-bond donors (Lipinski definition) is 1. The molecule has 0 saturated carbocycles. The molecule has 2 aromatic heterocycles. The van der Waals surface area contributed by atoms with Gasteiger partial charge >= 0.3 is 0 Å². The molecule has 5 heteroatoms. The van der Waals surface area contributed by atoms with Crippen LogP contribution in [0.3, 0.4) is 0 Å². The smallest absolute Gasteiger partial charge is 0.181 e. The Morgan fingerprint density at radius 2 is 2.21 bits per heavy atom. The van der Waals surface area contributed by atoms with Crippen molar-refractivity contribution in [3.8, 4) is 0 Å². The zero-order valence-corrected chi connectivity index (χ0v) is 7.76. The van der Waals surface area contributed by atoms with Crippen molar-refractivity contribution < 1.29 is 9.18 Å². The molecule has 0 aliphatic carbocycles. The van der Waals surface area contributed by atoms with Gasteiger partial charge in [-0.25, -0.2) is 14.4 Å². The Balaban J connectivity index is 2.76. The molecule has 0 aromatic carbocycles. The lowest BCUT2D eigenvalue weighted by atomic mass is 10.2. The Hall–Kier alpha value is -1.78. The summed E-state index contributed by atoms with van der Waals surface area (Å²) in [4.78, 5) is 21.7. The molecule has 72 valence electrons. The van der Waals surface area contributed by atoms with Gasteiger partial charge in [-0.15, -0.1) is 0 Å². The minimum absolute atomic E-state index is 0.163. The number of rotatable bonds is 1. The van der Waals surface area contributed by atoms with E-state index in [-0.39, 0.29) is 5.69 Å². The van der Waals surface area contributed by atoms with E-state index >= 15 is 0 Å². The van der Waals surface area contributed by atoms with Gasteiger partial charge in [0.15, 0.2) is 17.2 Å². The maximum atomic E-state index is 13.2. The molecule has 0 radical (unpaired) electrons. The molecule has 2 heterocycles. The second-order valence-corrected chi connectivity index (χ2v) is 3.07. The van der Waals surface area contributed by atoms with E-state index in [0.717, 1.165) is 0 Å². The van der Waals surface area contributed by atoms with E-state index < -0.39 is 11.6 Å². The SMILES string of the molecule is CC(=O)c1nc2nc(C)[nH]c2cc1F. The second kappa shape index (κ2) is 2.87. The number of Topliss-reactive ketones (excluding diaryl/α,β-unsaturated/α-hetero) is 1. The molecule has 4 nitrogen and oxygen atoms in total. The summed E-state index contributed by atoms with van der Waals surface area (Å²) in [5, 5.41) is 0. The van der Waals surface area contributed by atoms with Crippen LogP contribution in [0.25, 0.3) is 11.2 Å². The number of carbonyl (C=O) groups excluding carboxylic acids is 1. The second-order valence-electron chi connectivity index (χ2n) is 3.07. The number of imidazole rings is 1. The molecule has 0 fully saturated rings. The molecule has 0 bridgehead atoms. The zero-order chi connectivity index (χ0) is 10.3. The highest BCUT2D eigenvalue weighted by Crippen LogP contribution is 2.13. The van der Waals surface area contributed by atoms with E-state index in [1.54, 1.807) is 6.92 Å². The van der Waals surface area contributed by atoms with E-state index in [2.05, 4.69) is 15.0 Å². The Morgan fingerprint density at radius 1 is 1.50 bits per heavy atom. The predicted octanol–water partition coefficient (Wildman–Crippen LogP) is 1.61. The van der Waals surface area contributed by atoms with Crippen LogP contribution in [0.5, 0.6) is 0 Å². The van der Waals surface area contributed by atoms with Gasteiger partial charge in [-0.3, -0.25) is 4.79 Å². The number of halogens is 1. The van der Waals surface area contributed by atoms with Gasteiger partial charge in [0, 0.05) is 13.0 Å². The third-order valence-corrected chi connectivity index (χ3v) is 1.88. The number of aromatic amines is 1. The Bertz CT molecular complexity index is 518. The third kappa shape index (κ3) is 1.26. The Morgan fingerprint density at radius 3 is 2.86 bits per heavy atom. The van der Waals surface area contributed by atoms with E-state index in [9.17, 15) is 9.18 Å². The minimum Gasteiger partial charge on any atom is -0.341 e. The molecule has 2 rings (SSSR count). The normalized spacial score (nSPS) is 10.8. The Kier molecular flexibility index (Phi) is 1.80. The standard InChI is InChI=1S/C9H8FN3O/c1-4(14)8-6(10)3-7-9(13-8)12-5(2)11-7/h3H,1-2H3,(H,11,12,13).